The van der Waals surface area contributed by atoms with Gasteiger partial charge in [-0.25, -0.2) is 4.99 Å². The molecule has 0 fully saturated rings. The third-order valence-corrected chi connectivity index (χ3v) is 3.35. The number of hydrogen-bond acceptors (Lipinski definition) is 5. The minimum Gasteiger partial charge on any atom is -0.491 e. The summed E-state index contributed by atoms with van der Waals surface area (Å²) < 4.78 is 16.1. The highest BCUT2D eigenvalue weighted by Gasteiger charge is 2.13. The van der Waals surface area contributed by atoms with Gasteiger partial charge in [-0.1, -0.05) is 0 Å². The Morgan fingerprint density at radius 1 is 1.10 bits per heavy atom. The van der Waals surface area contributed by atoms with E-state index in [-0.39, 0.29) is 24.1 Å². The second-order valence-corrected chi connectivity index (χ2v) is 7.81. The van der Waals surface area contributed by atoms with E-state index in [0.717, 1.165) is 11.4 Å². The van der Waals surface area contributed by atoms with E-state index in [0.29, 0.717) is 32.3 Å². The molecule has 1 rings (SSSR count). The summed E-state index contributed by atoms with van der Waals surface area (Å²) in [4.78, 5) is 16.5. The first kappa shape index (κ1) is 24.7. The number of amides is 1. The number of methoxy groups -OCH3 is 1. The summed E-state index contributed by atoms with van der Waals surface area (Å²) in [5, 5.41) is 9.27. The molecule has 8 nitrogen and oxygen atoms in total. The van der Waals surface area contributed by atoms with Crippen molar-refractivity contribution in [2.24, 2.45) is 4.99 Å². The number of guanidine groups is 1. The zero-order valence-corrected chi connectivity index (χ0v) is 18.5. The van der Waals surface area contributed by atoms with Crippen molar-refractivity contribution >= 4 is 17.6 Å². The second kappa shape index (κ2) is 13.0. The van der Waals surface area contributed by atoms with Gasteiger partial charge in [-0.15, -0.1) is 0 Å². The minimum atomic E-state index is -0.297. The summed E-state index contributed by atoms with van der Waals surface area (Å²) in [6.45, 7) is 11.9. The molecule has 0 radical (unpaired) electrons. The highest BCUT2D eigenvalue weighted by Crippen LogP contribution is 2.16. The number of ether oxygens (including phenoxy) is 3. The van der Waals surface area contributed by atoms with Crippen molar-refractivity contribution in [1.82, 2.24) is 10.6 Å². The fourth-order valence-corrected chi connectivity index (χ4v) is 2.26. The van der Waals surface area contributed by atoms with E-state index in [4.69, 9.17) is 14.2 Å². The first-order valence-corrected chi connectivity index (χ1v) is 9.89. The van der Waals surface area contributed by atoms with Gasteiger partial charge in [-0.3, -0.25) is 4.79 Å². The molecule has 0 aliphatic rings. The van der Waals surface area contributed by atoms with Crippen LogP contribution in [0.15, 0.2) is 29.3 Å². The van der Waals surface area contributed by atoms with Gasteiger partial charge in [0, 0.05) is 24.9 Å². The van der Waals surface area contributed by atoms with E-state index >= 15 is 0 Å². The molecule has 0 unspecified atom stereocenters. The Morgan fingerprint density at radius 2 is 1.79 bits per heavy atom. The molecule has 164 valence electrons. The maximum Gasteiger partial charge on any atom is 0.242 e. The second-order valence-electron chi connectivity index (χ2n) is 7.81. The van der Waals surface area contributed by atoms with Gasteiger partial charge in [-0.05, 0) is 58.9 Å². The Kier molecular flexibility index (Phi) is 11.1. The van der Waals surface area contributed by atoms with Crippen LogP contribution in [0.1, 0.15) is 34.6 Å². The van der Waals surface area contributed by atoms with Crippen molar-refractivity contribution < 1.29 is 19.0 Å². The number of nitrogens with zero attached hydrogens (tertiary/aromatic N) is 1. The highest BCUT2D eigenvalue weighted by molar-refractivity contribution is 5.95. The normalized spacial score (nSPS) is 12.0. The fraction of sp³-hybridized carbons (Fsp3) is 0.619. The molecular formula is C21H36N4O4. The summed E-state index contributed by atoms with van der Waals surface area (Å²) in [6, 6.07) is 7.58. The number of hydrogen-bond donors (Lipinski definition) is 3. The lowest BCUT2D eigenvalue weighted by atomic mass is 10.1. The average Bonchev–Trinajstić information content (AvgIpc) is 2.62. The number of benzene rings is 1. The molecule has 0 saturated carbocycles. The van der Waals surface area contributed by atoms with Crippen molar-refractivity contribution in [1.29, 1.82) is 0 Å². The maximum atomic E-state index is 12.1. The molecule has 0 spiro atoms. The maximum absolute atomic E-state index is 12.1. The SMILES string of the molecule is COCCOCCNC(=NCC(=O)NC(C)(C)C)Nc1ccc(OC(C)C)cc1. The van der Waals surface area contributed by atoms with Gasteiger partial charge < -0.3 is 30.2 Å². The minimum absolute atomic E-state index is 0.0195. The summed E-state index contributed by atoms with van der Waals surface area (Å²) in [7, 11) is 1.64. The lowest BCUT2D eigenvalue weighted by Crippen LogP contribution is -2.42. The lowest BCUT2D eigenvalue weighted by molar-refractivity contribution is -0.121. The molecule has 1 amide bonds. The van der Waals surface area contributed by atoms with E-state index in [2.05, 4.69) is 20.9 Å². The number of carbonyl (C=O) groups excluding carboxylic acids is 1. The summed E-state index contributed by atoms with van der Waals surface area (Å²) in [5.74, 6) is 1.16. The summed E-state index contributed by atoms with van der Waals surface area (Å²) in [6.07, 6.45) is 0.118. The molecular weight excluding hydrogens is 372 g/mol. The van der Waals surface area contributed by atoms with Gasteiger partial charge >= 0.3 is 0 Å². The number of carbonyl (C=O) groups is 1. The zero-order chi connectivity index (χ0) is 21.7. The predicted molar refractivity (Wildman–Crippen MR) is 117 cm³/mol. The van der Waals surface area contributed by atoms with Crippen LogP contribution in [0.4, 0.5) is 5.69 Å². The van der Waals surface area contributed by atoms with Gasteiger partial charge in [0.05, 0.1) is 25.9 Å². The molecule has 1 aromatic carbocycles. The number of nitrogens with one attached hydrogen (secondary N) is 3. The average molecular weight is 409 g/mol. The largest absolute Gasteiger partial charge is 0.491 e. The Labute approximate surface area is 174 Å². The van der Waals surface area contributed by atoms with Crippen LogP contribution in [-0.4, -0.2) is 63.5 Å². The van der Waals surface area contributed by atoms with E-state index in [1.807, 2.05) is 58.9 Å². The van der Waals surface area contributed by atoms with Crippen LogP contribution in [0.3, 0.4) is 0 Å². The van der Waals surface area contributed by atoms with Gasteiger partial charge in [-0.2, -0.15) is 0 Å². The standard InChI is InChI=1S/C21H36N4O4/c1-16(2)29-18-9-7-17(8-10-18)24-20(22-11-12-28-14-13-27-6)23-15-19(26)25-21(3,4)5/h7-10,16H,11-15H2,1-6H3,(H,25,26)(H2,22,23,24). The first-order chi connectivity index (χ1) is 13.7. The summed E-state index contributed by atoms with van der Waals surface area (Å²) >= 11 is 0. The third kappa shape index (κ3) is 12.7. The Morgan fingerprint density at radius 3 is 2.38 bits per heavy atom. The Hall–Kier alpha value is -2.32. The smallest absolute Gasteiger partial charge is 0.242 e. The molecule has 0 saturated heterocycles. The van der Waals surface area contributed by atoms with Crippen LogP contribution in [0, 0.1) is 0 Å². The molecule has 0 heterocycles. The monoisotopic (exact) mass is 408 g/mol. The van der Waals surface area contributed by atoms with E-state index < -0.39 is 0 Å². The summed E-state index contributed by atoms with van der Waals surface area (Å²) in [5.41, 5.74) is 0.540. The highest BCUT2D eigenvalue weighted by atomic mass is 16.5. The molecule has 29 heavy (non-hydrogen) atoms. The predicted octanol–water partition coefficient (Wildman–Crippen LogP) is 2.41. The van der Waals surface area contributed by atoms with Gasteiger partial charge in [0.15, 0.2) is 5.96 Å². The van der Waals surface area contributed by atoms with Gasteiger partial charge in [0.2, 0.25) is 5.91 Å². The van der Waals surface area contributed by atoms with Crippen LogP contribution in [-0.2, 0) is 14.3 Å². The van der Waals surface area contributed by atoms with Gasteiger partial charge in [0.25, 0.3) is 0 Å². The molecule has 0 aromatic heterocycles. The topological polar surface area (TPSA) is 93.2 Å². The molecule has 0 aliphatic carbocycles. The molecule has 0 bridgehead atoms. The van der Waals surface area contributed by atoms with Crippen LogP contribution in [0.2, 0.25) is 0 Å². The van der Waals surface area contributed by atoms with Crippen LogP contribution < -0.4 is 20.7 Å². The van der Waals surface area contributed by atoms with Crippen molar-refractivity contribution in [3.63, 3.8) is 0 Å². The quantitative estimate of drug-likeness (QED) is 0.296. The number of anilines is 1. The van der Waals surface area contributed by atoms with Crippen molar-refractivity contribution in [2.75, 3.05) is 45.3 Å². The van der Waals surface area contributed by atoms with E-state index in [1.54, 1.807) is 7.11 Å². The van der Waals surface area contributed by atoms with Crippen molar-refractivity contribution in [2.45, 2.75) is 46.3 Å². The molecule has 0 aliphatic heterocycles. The number of rotatable bonds is 11. The van der Waals surface area contributed by atoms with Crippen molar-refractivity contribution in [3.05, 3.63) is 24.3 Å². The lowest BCUT2D eigenvalue weighted by Gasteiger charge is -2.20. The third-order valence-electron chi connectivity index (χ3n) is 3.35. The van der Waals surface area contributed by atoms with Crippen molar-refractivity contribution in [3.8, 4) is 5.75 Å². The molecule has 8 heteroatoms. The first-order valence-electron chi connectivity index (χ1n) is 9.89. The van der Waals surface area contributed by atoms with E-state index in [1.165, 1.54) is 0 Å². The Bertz CT molecular complexity index is 625. The van der Waals surface area contributed by atoms with Crippen LogP contribution in [0.25, 0.3) is 0 Å². The molecule has 0 atom stereocenters. The van der Waals surface area contributed by atoms with Gasteiger partial charge in [0.1, 0.15) is 12.3 Å². The molecule has 3 N–H and O–H groups in total. The fourth-order valence-electron chi connectivity index (χ4n) is 2.26. The zero-order valence-electron chi connectivity index (χ0n) is 18.5. The van der Waals surface area contributed by atoms with Crippen LogP contribution >= 0.6 is 0 Å². The van der Waals surface area contributed by atoms with Crippen LogP contribution in [0.5, 0.6) is 5.75 Å². The Balaban J connectivity index is 2.67. The molecule has 1 aromatic rings. The number of aliphatic imine (C=N–C) groups is 1. The van der Waals surface area contributed by atoms with E-state index in [9.17, 15) is 4.79 Å².